The predicted octanol–water partition coefficient (Wildman–Crippen LogP) is 1.67. The van der Waals surface area contributed by atoms with E-state index >= 15 is 0 Å². The summed E-state index contributed by atoms with van der Waals surface area (Å²) in [6.45, 7) is 5.58. The second-order valence-corrected chi connectivity index (χ2v) is 6.87. The van der Waals surface area contributed by atoms with E-state index in [0.717, 1.165) is 0 Å². The molecular weight excluding hydrogens is 238 g/mol. The molecule has 96 valence electrons. The van der Waals surface area contributed by atoms with Gasteiger partial charge in [0.15, 0.2) is 0 Å². The van der Waals surface area contributed by atoms with E-state index in [0.29, 0.717) is 5.56 Å². The van der Waals surface area contributed by atoms with Gasteiger partial charge < -0.3 is 5.11 Å². The fourth-order valence-electron chi connectivity index (χ4n) is 1.53. The van der Waals surface area contributed by atoms with Crippen LogP contribution in [0.25, 0.3) is 0 Å². The van der Waals surface area contributed by atoms with E-state index in [4.69, 9.17) is 0 Å². The molecule has 2 N–H and O–H groups in total. The third kappa shape index (κ3) is 3.06. The summed E-state index contributed by atoms with van der Waals surface area (Å²) in [5.41, 5.74) is 0.00803. The largest absolute Gasteiger partial charge is 0.388 e. The maximum absolute atomic E-state index is 11.8. The lowest BCUT2D eigenvalue weighted by Gasteiger charge is -2.27. The third-order valence-electron chi connectivity index (χ3n) is 2.59. The van der Waals surface area contributed by atoms with Crippen molar-refractivity contribution < 1.29 is 13.5 Å². The van der Waals surface area contributed by atoms with Crippen molar-refractivity contribution in [3.63, 3.8) is 0 Å². The maximum Gasteiger partial charge on any atom is 0.240 e. The molecule has 4 nitrogen and oxygen atoms in total. The first-order valence-electron chi connectivity index (χ1n) is 5.40. The molecule has 0 aliphatic carbocycles. The van der Waals surface area contributed by atoms with Crippen LogP contribution < -0.4 is 4.72 Å². The number of hydrogen-bond acceptors (Lipinski definition) is 3. The van der Waals surface area contributed by atoms with Crippen molar-refractivity contribution in [1.82, 2.24) is 4.72 Å². The third-order valence-corrected chi connectivity index (χ3v) is 4.08. The minimum absolute atomic E-state index is 0.130. The Hall–Kier alpha value is -0.910. The number of aliphatic hydroxyl groups excluding tert-OH is 1. The SMILES string of the molecule is CNS(=O)(=O)c1ccccc1C(O)C(C)(C)C. The highest BCUT2D eigenvalue weighted by molar-refractivity contribution is 7.89. The quantitative estimate of drug-likeness (QED) is 0.865. The molecule has 17 heavy (non-hydrogen) atoms. The smallest absolute Gasteiger partial charge is 0.240 e. The van der Waals surface area contributed by atoms with Crippen molar-refractivity contribution in [3.8, 4) is 0 Å². The van der Waals surface area contributed by atoms with E-state index in [9.17, 15) is 13.5 Å². The molecule has 0 fully saturated rings. The number of hydrogen-bond donors (Lipinski definition) is 2. The molecule has 0 aliphatic heterocycles. The first-order chi connectivity index (χ1) is 7.70. The lowest BCUT2D eigenvalue weighted by Crippen LogP contribution is -2.24. The first kappa shape index (κ1) is 14.2. The van der Waals surface area contributed by atoms with Gasteiger partial charge in [0.05, 0.1) is 11.0 Å². The monoisotopic (exact) mass is 257 g/mol. The predicted molar refractivity (Wildman–Crippen MR) is 67.1 cm³/mol. The van der Waals surface area contributed by atoms with Crippen LogP contribution in [-0.4, -0.2) is 20.6 Å². The molecule has 0 saturated carbocycles. The van der Waals surface area contributed by atoms with Gasteiger partial charge in [0.2, 0.25) is 10.0 Å². The number of benzene rings is 1. The van der Waals surface area contributed by atoms with Crippen molar-refractivity contribution in [2.24, 2.45) is 5.41 Å². The van der Waals surface area contributed by atoms with Crippen LogP contribution >= 0.6 is 0 Å². The molecule has 0 saturated heterocycles. The molecule has 0 aromatic heterocycles. The summed E-state index contributed by atoms with van der Waals surface area (Å²) >= 11 is 0. The van der Waals surface area contributed by atoms with E-state index in [2.05, 4.69) is 4.72 Å². The van der Waals surface area contributed by atoms with E-state index in [-0.39, 0.29) is 4.90 Å². The Morgan fingerprint density at radius 1 is 1.24 bits per heavy atom. The van der Waals surface area contributed by atoms with Gasteiger partial charge in [-0.2, -0.15) is 0 Å². The normalized spacial score (nSPS) is 14.6. The van der Waals surface area contributed by atoms with Gasteiger partial charge in [-0.05, 0) is 18.5 Å². The summed E-state index contributed by atoms with van der Waals surface area (Å²) < 4.78 is 25.9. The minimum Gasteiger partial charge on any atom is -0.388 e. The van der Waals surface area contributed by atoms with Gasteiger partial charge in [-0.15, -0.1) is 0 Å². The van der Waals surface area contributed by atoms with Crippen molar-refractivity contribution in [2.45, 2.75) is 31.8 Å². The maximum atomic E-state index is 11.8. The summed E-state index contributed by atoms with van der Waals surface area (Å²) in [5, 5.41) is 10.2. The van der Waals surface area contributed by atoms with E-state index < -0.39 is 21.5 Å². The van der Waals surface area contributed by atoms with Gasteiger partial charge in [-0.3, -0.25) is 0 Å². The Bertz CT molecular complexity index is 489. The molecule has 0 heterocycles. The molecule has 0 amide bonds. The Labute approximate surface area is 103 Å². The molecule has 1 rings (SSSR count). The molecule has 0 spiro atoms. The Morgan fingerprint density at radius 3 is 2.24 bits per heavy atom. The summed E-state index contributed by atoms with van der Waals surface area (Å²) in [6, 6.07) is 6.50. The topological polar surface area (TPSA) is 66.4 Å². The molecule has 5 heteroatoms. The minimum atomic E-state index is -3.54. The molecule has 0 aliphatic rings. The van der Waals surface area contributed by atoms with Crippen molar-refractivity contribution in [1.29, 1.82) is 0 Å². The highest BCUT2D eigenvalue weighted by Gasteiger charge is 2.28. The average Bonchev–Trinajstić information content (AvgIpc) is 2.27. The fraction of sp³-hybridized carbons (Fsp3) is 0.500. The van der Waals surface area contributed by atoms with Crippen molar-refractivity contribution >= 4 is 10.0 Å². The van der Waals surface area contributed by atoms with Crippen LogP contribution in [0, 0.1) is 5.41 Å². The number of aliphatic hydroxyl groups is 1. The van der Waals surface area contributed by atoms with E-state index in [1.165, 1.54) is 13.1 Å². The molecule has 1 aromatic rings. The Balaban J connectivity index is 3.37. The second kappa shape index (κ2) is 4.76. The van der Waals surface area contributed by atoms with E-state index in [1.54, 1.807) is 18.2 Å². The van der Waals surface area contributed by atoms with Crippen molar-refractivity contribution in [3.05, 3.63) is 29.8 Å². The highest BCUT2D eigenvalue weighted by Crippen LogP contribution is 2.35. The van der Waals surface area contributed by atoms with Gasteiger partial charge >= 0.3 is 0 Å². The average molecular weight is 257 g/mol. The van der Waals surface area contributed by atoms with Gasteiger partial charge in [0.1, 0.15) is 0 Å². The summed E-state index contributed by atoms with van der Waals surface area (Å²) in [5.74, 6) is 0. The van der Waals surface area contributed by atoms with Crippen LogP contribution in [0.5, 0.6) is 0 Å². The molecular formula is C12H19NO3S. The van der Waals surface area contributed by atoms with Crippen LogP contribution in [0.2, 0.25) is 0 Å². The van der Waals surface area contributed by atoms with Crippen LogP contribution in [0.15, 0.2) is 29.2 Å². The van der Waals surface area contributed by atoms with Crippen LogP contribution in [-0.2, 0) is 10.0 Å². The summed E-state index contributed by atoms with van der Waals surface area (Å²) in [7, 11) is -2.19. The molecule has 1 atom stereocenters. The molecule has 0 radical (unpaired) electrons. The zero-order chi connectivity index (χ0) is 13.3. The van der Waals surface area contributed by atoms with Crippen LogP contribution in [0.3, 0.4) is 0 Å². The zero-order valence-corrected chi connectivity index (χ0v) is 11.4. The fourth-order valence-corrected chi connectivity index (χ4v) is 2.50. The van der Waals surface area contributed by atoms with E-state index in [1.807, 2.05) is 20.8 Å². The lowest BCUT2D eigenvalue weighted by molar-refractivity contribution is 0.0602. The van der Waals surface area contributed by atoms with Crippen molar-refractivity contribution in [2.75, 3.05) is 7.05 Å². The summed E-state index contributed by atoms with van der Waals surface area (Å²) in [4.78, 5) is 0.130. The van der Waals surface area contributed by atoms with Gasteiger partial charge in [-0.25, -0.2) is 13.1 Å². The standard InChI is InChI=1S/C12H19NO3S/c1-12(2,3)11(14)9-7-5-6-8-10(9)17(15,16)13-4/h5-8,11,13-14H,1-4H3. The van der Waals surface area contributed by atoms with Gasteiger partial charge in [0, 0.05) is 5.56 Å². The highest BCUT2D eigenvalue weighted by atomic mass is 32.2. The second-order valence-electron chi connectivity index (χ2n) is 5.01. The Morgan fingerprint density at radius 2 is 1.76 bits per heavy atom. The zero-order valence-electron chi connectivity index (χ0n) is 10.6. The Kier molecular flexibility index (Phi) is 3.96. The first-order valence-corrected chi connectivity index (χ1v) is 6.89. The number of rotatable bonds is 3. The van der Waals surface area contributed by atoms with Gasteiger partial charge in [-0.1, -0.05) is 39.0 Å². The molecule has 1 unspecified atom stereocenters. The lowest BCUT2D eigenvalue weighted by atomic mass is 9.85. The number of nitrogens with one attached hydrogen (secondary N) is 1. The number of sulfonamides is 1. The molecule has 0 bridgehead atoms. The molecule has 1 aromatic carbocycles. The van der Waals surface area contributed by atoms with Crippen LogP contribution in [0.4, 0.5) is 0 Å². The summed E-state index contributed by atoms with van der Waals surface area (Å²) in [6.07, 6.45) is -0.832. The van der Waals surface area contributed by atoms with Gasteiger partial charge in [0.25, 0.3) is 0 Å². The van der Waals surface area contributed by atoms with Crippen LogP contribution in [0.1, 0.15) is 32.4 Å².